The fourth-order valence-corrected chi connectivity index (χ4v) is 2.34. The molecule has 0 saturated carbocycles. The summed E-state index contributed by atoms with van der Waals surface area (Å²) in [5.74, 6) is 0.793. The Morgan fingerprint density at radius 1 is 1.10 bits per heavy atom. The molecule has 1 aliphatic rings. The molecule has 2 aromatic rings. The third kappa shape index (κ3) is 2.64. The van der Waals surface area contributed by atoms with Crippen LogP contribution in [0.2, 0.25) is 0 Å². The third-order valence-electron chi connectivity index (χ3n) is 3.45. The summed E-state index contributed by atoms with van der Waals surface area (Å²) in [7, 11) is 1.85. The molecule has 2 aromatic carbocycles. The maximum Gasteiger partial charge on any atom is 0.269 e. The molecular formula is C16H14N2O3. The van der Waals surface area contributed by atoms with Crippen LogP contribution in [0, 0.1) is 10.1 Å². The van der Waals surface area contributed by atoms with Gasteiger partial charge in [-0.1, -0.05) is 42.5 Å². The van der Waals surface area contributed by atoms with Crippen molar-refractivity contribution in [3.63, 3.8) is 0 Å². The fourth-order valence-electron chi connectivity index (χ4n) is 2.34. The number of nitro groups is 1. The highest BCUT2D eigenvalue weighted by atomic mass is 16.7. The van der Waals surface area contributed by atoms with Gasteiger partial charge >= 0.3 is 0 Å². The molecular weight excluding hydrogens is 268 g/mol. The zero-order valence-electron chi connectivity index (χ0n) is 11.5. The Labute approximate surface area is 122 Å². The molecule has 0 fully saturated rings. The Morgan fingerprint density at radius 2 is 1.76 bits per heavy atom. The number of non-ortho nitro benzene ring substituents is 1. The van der Waals surface area contributed by atoms with Crippen LogP contribution in [0.1, 0.15) is 17.2 Å². The molecule has 1 unspecified atom stereocenters. The maximum atomic E-state index is 10.7. The van der Waals surface area contributed by atoms with Crippen molar-refractivity contribution in [2.45, 2.75) is 6.04 Å². The quantitative estimate of drug-likeness (QED) is 0.638. The zero-order valence-corrected chi connectivity index (χ0v) is 11.5. The number of rotatable bonds is 3. The van der Waals surface area contributed by atoms with E-state index in [-0.39, 0.29) is 11.7 Å². The number of hydrogen-bond donors (Lipinski definition) is 0. The Kier molecular flexibility index (Phi) is 3.41. The first-order chi connectivity index (χ1) is 10.1. The van der Waals surface area contributed by atoms with Gasteiger partial charge in [0.05, 0.1) is 11.0 Å². The van der Waals surface area contributed by atoms with Gasteiger partial charge in [0.1, 0.15) is 0 Å². The van der Waals surface area contributed by atoms with Gasteiger partial charge in [-0.25, -0.2) is 0 Å². The minimum Gasteiger partial charge on any atom is -0.405 e. The Hall–Kier alpha value is -2.66. The van der Waals surface area contributed by atoms with E-state index in [0.29, 0.717) is 0 Å². The normalized spacial score (nSPS) is 18.1. The summed E-state index contributed by atoms with van der Waals surface area (Å²) in [6.45, 7) is 0. The average Bonchev–Trinajstić information content (AvgIpc) is 2.90. The lowest BCUT2D eigenvalue weighted by molar-refractivity contribution is -0.384. The van der Waals surface area contributed by atoms with Crippen LogP contribution in [0.15, 0.2) is 60.7 Å². The molecule has 1 aliphatic heterocycles. The van der Waals surface area contributed by atoms with Crippen molar-refractivity contribution in [1.82, 2.24) is 5.06 Å². The Bertz CT molecular complexity index is 680. The first-order valence-corrected chi connectivity index (χ1v) is 6.57. The van der Waals surface area contributed by atoms with Crippen LogP contribution < -0.4 is 0 Å². The Balaban J connectivity index is 1.88. The van der Waals surface area contributed by atoms with Crippen LogP contribution in [0.5, 0.6) is 0 Å². The fraction of sp³-hybridized carbons (Fsp3) is 0.125. The molecule has 0 radical (unpaired) electrons. The molecule has 106 valence electrons. The standard InChI is InChI=1S/C16H14N2O3/c1-17-15(12-7-9-14(10-8-12)18(19)20)11-16(21-17)13-5-3-2-4-6-13/h2-11,15H,1H3. The van der Waals surface area contributed by atoms with Gasteiger partial charge in [-0.3, -0.25) is 10.1 Å². The van der Waals surface area contributed by atoms with Gasteiger partial charge < -0.3 is 4.84 Å². The number of hydrogen-bond acceptors (Lipinski definition) is 4. The van der Waals surface area contributed by atoms with E-state index in [4.69, 9.17) is 4.84 Å². The highest BCUT2D eigenvalue weighted by Crippen LogP contribution is 2.34. The van der Waals surface area contributed by atoms with Gasteiger partial charge in [-0.15, -0.1) is 5.06 Å². The van der Waals surface area contributed by atoms with Gasteiger partial charge in [-0.2, -0.15) is 0 Å². The van der Waals surface area contributed by atoms with Crippen LogP contribution >= 0.6 is 0 Å². The predicted molar refractivity (Wildman–Crippen MR) is 79.1 cm³/mol. The molecule has 1 heterocycles. The second-order valence-electron chi connectivity index (χ2n) is 4.83. The first-order valence-electron chi connectivity index (χ1n) is 6.57. The summed E-state index contributed by atoms with van der Waals surface area (Å²) >= 11 is 0. The lowest BCUT2D eigenvalue weighted by Crippen LogP contribution is -2.17. The predicted octanol–water partition coefficient (Wildman–Crippen LogP) is 3.55. The molecule has 0 aromatic heterocycles. The molecule has 0 spiro atoms. The zero-order chi connectivity index (χ0) is 14.8. The SMILES string of the molecule is CN1OC(c2ccccc2)=CC1c1ccc([N+](=O)[O-])cc1. The smallest absolute Gasteiger partial charge is 0.269 e. The van der Waals surface area contributed by atoms with E-state index >= 15 is 0 Å². The van der Waals surface area contributed by atoms with E-state index in [1.807, 2.05) is 43.5 Å². The molecule has 0 bridgehead atoms. The highest BCUT2D eigenvalue weighted by Gasteiger charge is 2.26. The van der Waals surface area contributed by atoms with Crippen molar-refractivity contribution in [3.8, 4) is 0 Å². The molecule has 21 heavy (non-hydrogen) atoms. The van der Waals surface area contributed by atoms with Crippen LogP contribution in [0.3, 0.4) is 0 Å². The summed E-state index contributed by atoms with van der Waals surface area (Å²) in [5, 5.41) is 12.4. The molecule has 5 heteroatoms. The lowest BCUT2D eigenvalue weighted by Gasteiger charge is -2.18. The molecule has 1 atom stereocenters. The van der Waals surface area contributed by atoms with E-state index in [2.05, 4.69) is 0 Å². The summed E-state index contributed by atoms with van der Waals surface area (Å²) in [4.78, 5) is 16.0. The van der Waals surface area contributed by atoms with Gasteiger partial charge in [0, 0.05) is 24.7 Å². The van der Waals surface area contributed by atoms with Crippen molar-refractivity contribution in [1.29, 1.82) is 0 Å². The van der Waals surface area contributed by atoms with Crippen LogP contribution in [-0.2, 0) is 4.84 Å². The Morgan fingerprint density at radius 3 is 2.38 bits per heavy atom. The van der Waals surface area contributed by atoms with Crippen molar-refractivity contribution in [2.75, 3.05) is 7.05 Å². The van der Waals surface area contributed by atoms with Gasteiger partial charge in [0.25, 0.3) is 5.69 Å². The number of likely N-dealkylation sites (N-methyl/N-ethyl adjacent to an activating group) is 1. The minimum absolute atomic E-state index is 0.0546. The van der Waals surface area contributed by atoms with E-state index in [1.165, 1.54) is 12.1 Å². The second-order valence-corrected chi connectivity index (χ2v) is 4.83. The molecule has 0 amide bonds. The molecule has 0 saturated heterocycles. The molecule has 0 N–H and O–H groups in total. The van der Waals surface area contributed by atoms with Crippen LogP contribution in [-0.4, -0.2) is 17.0 Å². The number of nitro benzene ring substituents is 1. The molecule has 0 aliphatic carbocycles. The molecule has 5 nitrogen and oxygen atoms in total. The largest absolute Gasteiger partial charge is 0.405 e. The summed E-state index contributed by atoms with van der Waals surface area (Å²) in [6.07, 6.45) is 2.01. The minimum atomic E-state index is -0.399. The number of hydroxylamine groups is 2. The first kappa shape index (κ1) is 13.3. The average molecular weight is 282 g/mol. The van der Waals surface area contributed by atoms with E-state index in [9.17, 15) is 10.1 Å². The lowest BCUT2D eigenvalue weighted by atomic mass is 10.0. The van der Waals surface area contributed by atoms with Gasteiger partial charge in [0.2, 0.25) is 0 Å². The summed E-state index contributed by atoms with van der Waals surface area (Å²) in [5.41, 5.74) is 2.05. The van der Waals surface area contributed by atoms with Crippen molar-refractivity contribution >= 4 is 11.4 Å². The molecule has 3 rings (SSSR count). The monoisotopic (exact) mass is 282 g/mol. The number of benzene rings is 2. The third-order valence-corrected chi connectivity index (χ3v) is 3.45. The summed E-state index contributed by atoms with van der Waals surface area (Å²) in [6, 6.07) is 16.3. The van der Waals surface area contributed by atoms with E-state index in [1.54, 1.807) is 17.2 Å². The van der Waals surface area contributed by atoms with E-state index in [0.717, 1.165) is 16.9 Å². The highest BCUT2D eigenvalue weighted by molar-refractivity contribution is 5.62. The van der Waals surface area contributed by atoms with Crippen molar-refractivity contribution in [3.05, 3.63) is 81.9 Å². The van der Waals surface area contributed by atoms with Crippen molar-refractivity contribution < 1.29 is 9.76 Å². The van der Waals surface area contributed by atoms with Crippen LogP contribution in [0.4, 0.5) is 5.69 Å². The maximum absolute atomic E-state index is 10.7. The van der Waals surface area contributed by atoms with E-state index < -0.39 is 4.92 Å². The summed E-state index contributed by atoms with van der Waals surface area (Å²) < 4.78 is 0. The van der Waals surface area contributed by atoms with Crippen LogP contribution in [0.25, 0.3) is 5.76 Å². The number of nitrogens with zero attached hydrogens (tertiary/aromatic N) is 2. The second kappa shape index (κ2) is 5.38. The van der Waals surface area contributed by atoms with Crippen molar-refractivity contribution in [2.24, 2.45) is 0 Å². The topological polar surface area (TPSA) is 55.6 Å². The van der Waals surface area contributed by atoms with Gasteiger partial charge in [-0.05, 0) is 11.6 Å². The van der Waals surface area contributed by atoms with Gasteiger partial charge in [0.15, 0.2) is 5.76 Å².